The number of aliphatic imine (C=N–C) groups is 1. The summed E-state index contributed by atoms with van der Waals surface area (Å²) in [6.07, 6.45) is 6.54. The van der Waals surface area contributed by atoms with Crippen molar-refractivity contribution in [2.45, 2.75) is 24.7 Å². The first-order valence-corrected chi connectivity index (χ1v) is 8.32. The summed E-state index contributed by atoms with van der Waals surface area (Å²) in [5.41, 5.74) is 1.90. The van der Waals surface area contributed by atoms with Crippen LogP contribution >= 0.6 is 24.0 Å². The molecule has 4 nitrogen and oxygen atoms in total. The van der Waals surface area contributed by atoms with Gasteiger partial charge in [0.1, 0.15) is 5.82 Å². The van der Waals surface area contributed by atoms with Crippen molar-refractivity contribution in [3.63, 3.8) is 0 Å². The number of hydrogen-bond acceptors (Lipinski definition) is 2. The van der Waals surface area contributed by atoms with Crippen LogP contribution in [-0.2, 0) is 11.8 Å². The maximum Gasteiger partial charge on any atom is 0.191 e. The van der Waals surface area contributed by atoms with E-state index in [1.54, 1.807) is 19.3 Å². The van der Waals surface area contributed by atoms with Crippen LogP contribution in [0.25, 0.3) is 0 Å². The molecule has 0 unspecified atom stereocenters. The maximum atomic E-state index is 14.0. The van der Waals surface area contributed by atoms with Crippen LogP contribution in [0.3, 0.4) is 0 Å². The third kappa shape index (κ3) is 5.14. The summed E-state index contributed by atoms with van der Waals surface area (Å²) >= 11 is 0. The Morgan fingerprint density at radius 2 is 2.00 bits per heavy atom. The van der Waals surface area contributed by atoms with Crippen molar-refractivity contribution >= 4 is 29.9 Å². The number of benzene rings is 1. The number of aromatic nitrogens is 1. The highest BCUT2D eigenvalue weighted by Crippen LogP contribution is 2.48. The van der Waals surface area contributed by atoms with Gasteiger partial charge in [-0.3, -0.25) is 9.98 Å². The predicted molar refractivity (Wildman–Crippen MR) is 110 cm³/mol. The van der Waals surface area contributed by atoms with Crippen LogP contribution in [0.4, 0.5) is 4.39 Å². The van der Waals surface area contributed by atoms with E-state index in [4.69, 9.17) is 0 Å². The number of nitrogens with zero attached hydrogens (tertiary/aromatic N) is 2. The fourth-order valence-corrected chi connectivity index (χ4v) is 2.93. The molecule has 25 heavy (non-hydrogen) atoms. The van der Waals surface area contributed by atoms with Crippen molar-refractivity contribution in [2.75, 3.05) is 20.1 Å². The fourth-order valence-electron chi connectivity index (χ4n) is 2.93. The lowest BCUT2D eigenvalue weighted by Crippen LogP contribution is -2.42. The second-order valence-corrected chi connectivity index (χ2v) is 6.22. The number of pyridine rings is 1. The van der Waals surface area contributed by atoms with E-state index in [1.807, 2.05) is 24.4 Å². The minimum absolute atomic E-state index is 0. The van der Waals surface area contributed by atoms with Gasteiger partial charge in [-0.2, -0.15) is 0 Å². The number of rotatable bonds is 6. The Morgan fingerprint density at radius 3 is 2.64 bits per heavy atom. The van der Waals surface area contributed by atoms with Gasteiger partial charge in [0.25, 0.3) is 0 Å². The van der Waals surface area contributed by atoms with Crippen LogP contribution in [0.1, 0.15) is 24.0 Å². The van der Waals surface area contributed by atoms with E-state index < -0.39 is 0 Å². The van der Waals surface area contributed by atoms with Crippen molar-refractivity contribution < 1.29 is 4.39 Å². The molecule has 1 saturated carbocycles. The molecule has 1 fully saturated rings. The van der Waals surface area contributed by atoms with Gasteiger partial charge in [-0.15, -0.1) is 24.0 Å². The third-order valence-electron chi connectivity index (χ3n) is 4.55. The quantitative estimate of drug-likeness (QED) is 0.400. The minimum Gasteiger partial charge on any atom is -0.356 e. The smallest absolute Gasteiger partial charge is 0.191 e. The summed E-state index contributed by atoms with van der Waals surface area (Å²) in [6.45, 7) is 1.47. The molecule has 0 aliphatic heterocycles. The van der Waals surface area contributed by atoms with Crippen molar-refractivity contribution in [1.29, 1.82) is 0 Å². The molecule has 1 aromatic carbocycles. The van der Waals surface area contributed by atoms with Crippen molar-refractivity contribution in [1.82, 2.24) is 15.6 Å². The third-order valence-corrected chi connectivity index (χ3v) is 4.55. The summed E-state index contributed by atoms with van der Waals surface area (Å²) in [6, 6.07) is 11.1. The van der Waals surface area contributed by atoms with Crippen LogP contribution in [0.15, 0.2) is 53.8 Å². The largest absolute Gasteiger partial charge is 0.356 e. The summed E-state index contributed by atoms with van der Waals surface area (Å²) in [5.74, 6) is 0.637. The molecule has 0 saturated heterocycles. The molecule has 2 N–H and O–H groups in total. The zero-order valence-electron chi connectivity index (χ0n) is 14.3. The molecule has 1 aliphatic rings. The summed E-state index contributed by atoms with van der Waals surface area (Å²) < 4.78 is 14.0. The Bertz CT molecular complexity index is 702. The van der Waals surface area contributed by atoms with Gasteiger partial charge in [0, 0.05) is 37.9 Å². The first kappa shape index (κ1) is 19.6. The van der Waals surface area contributed by atoms with E-state index in [2.05, 4.69) is 26.7 Å². The summed E-state index contributed by atoms with van der Waals surface area (Å²) in [4.78, 5) is 8.36. The molecule has 1 heterocycles. The molecule has 0 atom stereocenters. The van der Waals surface area contributed by atoms with Crippen LogP contribution < -0.4 is 10.6 Å². The van der Waals surface area contributed by atoms with E-state index in [-0.39, 0.29) is 35.2 Å². The molecule has 1 aromatic heterocycles. The van der Waals surface area contributed by atoms with Crippen molar-refractivity contribution in [2.24, 2.45) is 4.99 Å². The molecule has 0 spiro atoms. The molecule has 0 radical (unpaired) electrons. The molecular formula is C19H24FIN4. The average molecular weight is 454 g/mol. The Hall–Kier alpha value is -1.70. The van der Waals surface area contributed by atoms with Crippen molar-refractivity contribution in [3.8, 4) is 0 Å². The lowest BCUT2D eigenvalue weighted by atomic mass is 9.95. The van der Waals surface area contributed by atoms with Crippen LogP contribution in [0.2, 0.25) is 0 Å². The molecular weight excluding hydrogens is 430 g/mol. The zero-order valence-corrected chi connectivity index (χ0v) is 16.7. The Morgan fingerprint density at radius 1 is 1.20 bits per heavy atom. The summed E-state index contributed by atoms with van der Waals surface area (Å²) in [5, 5.41) is 6.64. The maximum absolute atomic E-state index is 14.0. The highest BCUT2D eigenvalue weighted by molar-refractivity contribution is 14.0. The Labute approximate surface area is 165 Å². The number of nitrogens with one attached hydrogen (secondary N) is 2. The lowest BCUT2D eigenvalue weighted by Gasteiger charge is -2.19. The molecule has 0 amide bonds. The van der Waals surface area contributed by atoms with Crippen LogP contribution in [-0.4, -0.2) is 31.1 Å². The molecule has 3 rings (SSSR count). The Balaban J connectivity index is 0.00000225. The normalized spacial score (nSPS) is 15.2. The van der Waals surface area contributed by atoms with Gasteiger partial charge in [-0.05, 0) is 42.5 Å². The van der Waals surface area contributed by atoms with Gasteiger partial charge in [-0.1, -0.05) is 24.3 Å². The lowest BCUT2D eigenvalue weighted by molar-refractivity contribution is 0.559. The van der Waals surface area contributed by atoms with E-state index in [1.165, 1.54) is 11.6 Å². The summed E-state index contributed by atoms with van der Waals surface area (Å²) in [7, 11) is 1.75. The van der Waals surface area contributed by atoms with Gasteiger partial charge in [-0.25, -0.2) is 4.39 Å². The fraction of sp³-hybridized carbons (Fsp3) is 0.368. The predicted octanol–water partition coefficient (Wildman–Crippen LogP) is 3.28. The van der Waals surface area contributed by atoms with E-state index >= 15 is 0 Å². The molecule has 0 bridgehead atoms. The van der Waals surface area contributed by atoms with Crippen LogP contribution in [0, 0.1) is 5.82 Å². The topological polar surface area (TPSA) is 49.3 Å². The minimum atomic E-state index is -0.115. The highest BCUT2D eigenvalue weighted by Gasteiger charge is 2.45. The van der Waals surface area contributed by atoms with Gasteiger partial charge >= 0.3 is 0 Å². The van der Waals surface area contributed by atoms with Gasteiger partial charge < -0.3 is 10.6 Å². The number of halogens is 2. The Kier molecular flexibility index (Phi) is 7.16. The average Bonchev–Trinajstić information content (AvgIpc) is 3.40. The second-order valence-electron chi connectivity index (χ2n) is 6.22. The monoisotopic (exact) mass is 454 g/mol. The van der Waals surface area contributed by atoms with E-state index in [9.17, 15) is 4.39 Å². The van der Waals surface area contributed by atoms with Gasteiger partial charge in [0.05, 0.1) is 0 Å². The molecule has 6 heteroatoms. The van der Waals surface area contributed by atoms with E-state index in [0.717, 1.165) is 37.3 Å². The number of hydrogen-bond donors (Lipinski definition) is 2. The molecule has 1 aliphatic carbocycles. The van der Waals surface area contributed by atoms with E-state index in [0.29, 0.717) is 6.54 Å². The standard InChI is InChI=1S/C19H23FN4.HI/c1-21-18(23-12-8-15-5-4-11-22-13-15)24-14-19(9-10-19)16-6-2-3-7-17(16)20;/h2-7,11,13H,8-10,12,14H2,1H3,(H2,21,23,24);1H. The highest BCUT2D eigenvalue weighted by atomic mass is 127. The first-order chi connectivity index (χ1) is 11.7. The molecule has 134 valence electrons. The molecule has 2 aromatic rings. The van der Waals surface area contributed by atoms with Crippen molar-refractivity contribution in [3.05, 3.63) is 65.7 Å². The zero-order chi connectivity index (χ0) is 16.8. The van der Waals surface area contributed by atoms with Gasteiger partial charge in [0.15, 0.2) is 5.96 Å². The first-order valence-electron chi connectivity index (χ1n) is 8.32. The van der Waals surface area contributed by atoms with Crippen LogP contribution in [0.5, 0.6) is 0 Å². The second kappa shape index (κ2) is 9.12. The van der Waals surface area contributed by atoms with Gasteiger partial charge in [0.2, 0.25) is 0 Å². The SMILES string of the molecule is CN=C(NCCc1cccnc1)NCC1(c2ccccc2F)CC1.I. The number of guanidine groups is 1.